The van der Waals surface area contributed by atoms with Crippen molar-refractivity contribution in [3.63, 3.8) is 0 Å². The van der Waals surface area contributed by atoms with Gasteiger partial charge in [0.2, 0.25) is 15.9 Å². The summed E-state index contributed by atoms with van der Waals surface area (Å²) in [5.74, 6) is 0.378. The van der Waals surface area contributed by atoms with E-state index in [0.29, 0.717) is 31.7 Å². The summed E-state index contributed by atoms with van der Waals surface area (Å²) in [7, 11) is -3.78. The monoisotopic (exact) mass is 429 g/mol. The number of para-hydroxylation sites is 1. The molecule has 1 aromatic carbocycles. The third kappa shape index (κ3) is 3.94. The number of nitrogens with zero attached hydrogens (tertiary/aromatic N) is 3. The van der Waals surface area contributed by atoms with Crippen molar-refractivity contribution in [1.29, 1.82) is 0 Å². The number of aromatic nitrogens is 1. The summed E-state index contributed by atoms with van der Waals surface area (Å²) >= 11 is 0. The first-order valence-corrected chi connectivity index (χ1v) is 11.8. The molecule has 1 saturated heterocycles. The molecule has 2 aromatic rings. The normalized spacial score (nSPS) is 23.6. The fourth-order valence-electron chi connectivity index (χ4n) is 4.22. The Morgan fingerprint density at radius 3 is 2.67 bits per heavy atom. The molecule has 0 spiro atoms. The molecule has 3 heterocycles. The number of pyridine rings is 1. The van der Waals surface area contributed by atoms with Crippen LogP contribution in [0, 0.1) is 5.92 Å². The first-order chi connectivity index (χ1) is 14.4. The van der Waals surface area contributed by atoms with E-state index >= 15 is 0 Å². The molecule has 30 heavy (non-hydrogen) atoms. The molecule has 2 aliphatic rings. The minimum Gasteiger partial charge on any atom is -0.487 e. The second kappa shape index (κ2) is 8.35. The zero-order valence-electron chi connectivity index (χ0n) is 17.3. The van der Waals surface area contributed by atoms with Crippen LogP contribution in [-0.4, -0.2) is 53.7 Å². The predicted molar refractivity (Wildman–Crippen MR) is 112 cm³/mol. The molecule has 1 fully saturated rings. The maximum absolute atomic E-state index is 13.7. The number of likely N-dealkylation sites (tertiary alicyclic amines) is 1. The van der Waals surface area contributed by atoms with Crippen molar-refractivity contribution >= 4 is 15.9 Å². The highest BCUT2D eigenvalue weighted by molar-refractivity contribution is 7.89. The van der Waals surface area contributed by atoms with E-state index < -0.39 is 10.0 Å². The first-order valence-electron chi connectivity index (χ1n) is 10.3. The molecule has 2 atom stereocenters. The topological polar surface area (TPSA) is 79.8 Å². The fourth-order valence-corrected chi connectivity index (χ4v) is 6.01. The van der Waals surface area contributed by atoms with Crippen LogP contribution in [0.3, 0.4) is 0 Å². The number of ether oxygens (including phenoxy) is 1. The second-order valence-electron chi connectivity index (χ2n) is 8.14. The number of carbonyl (C=O) groups is 1. The maximum Gasteiger partial charge on any atom is 0.247 e. The Balaban J connectivity index is 1.74. The predicted octanol–water partition coefficient (Wildman–Crippen LogP) is 2.68. The van der Waals surface area contributed by atoms with Gasteiger partial charge in [0.25, 0.3) is 0 Å². The van der Waals surface area contributed by atoms with Gasteiger partial charge in [-0.3, -0.25) is 9.78 Å². The molecular weight excluding hydrogens is 402 g/mol. The molecule has 2 aliphatic heterocycles. The van der Waals surface area contributed by atoms with Crippen molar-refractivity contribution in [1.82, 2.24) is 14.2 Å². The van der Waals surface area contributed by atoms with Crippen molar-refractivity contribution < 1.29 is 17.9 Å². The third-order valence-corrected chi connectivity index (χ3v) is 7.67. The molecule has 0 radical (unpaired) electrons. The summed E-state index contributed by atoms with van der Waals surface area (Å²) < 4.78 is 35.1. The molecule has 1 aromatic heterocycles. The van der Waals surface area contributed by atoms with Gasteiger partial charge in [0.15, 0.2) is 0 Å². The van der Waals surface area contributed by atoms with Gasteiger partial charge in [-0.25, -0.2) is 8.42 Å². The maximum atomic E-state index is 13.7. The average molecular weight is 430 g/mol. The lowest BCUT2D eigenvalue weighted by molar-refractivity contribution is -0.134. The summed E-state index contributed by atoms with van der Waals surface area (Å²) in [5, 5.41) is 0. The summed E-state index contributed by atoms with van der Waals surface area (Å²) in [4.78, 5) is 18.7. The third-order valence-electron chi connectivity index (χ3n) is 5.76. The van der Waals surface area contributed by atoms with E-state index in [1.54, 1.807) is 47.0 Å². The van der Waals surface area contributed by atoms with Gasteiger partial charge in [-0.2, -0.15) is 4.31 Å². The van der Waals surface area contributed by atoms with Crippen molar-refractivity contribution in [2.24, 2.45) is 5.92 Å². The van der Waals surface area contributed by atoms with E-state index in [2.05, 4.69) is 4.98 Å². The summed E-state index contributed by atoms with van der Waals surface area (Å²) in [6.45, 7) is 5.06. The zero-order valence-corrected chi connectivity index (χ0v) is 18.1. The summed E-state index contributed by atoms with van der Waals surface area (Å²) in [5.41, 5.74) is 0.818. The van der Waals surface area contributed by atoms with E-state index in [4.69, 9.17) is 4.74 Å². The van der Waals surface area contributed by atoms with Crippen LogP contribution in [0.4, 0.5) is 0 Å². The lowest BCUT2D eigenvalue weighted by Crippen LogP contribution is -2.46. The van der Waals surface area contributed by atoms with E-state index in [1.165, 1.54) is 0 Å². The summed E-state index contributed by atoms with van der Waals surface area (Å²) in [6.07, 6.45) is 4.13. The van der Waals surface area contributed by atoms with Crippen LogP contribution in [0.15, 0.2) is 53.7 Å². The standard InChI is InChI=1S/C22H27N3O4S/c1-16(2)22(26)24-12-9-18-19(10-13-24)29-20-7-3-4-8-21(20)30(27,28)25(18)15-17-6-5-11-23-14-17/h3-8,11,14,16,18-19H,9-10,12-13,15H2,1-2H3/t18-,19-/m1/s1. The van der Waals surface area contributed by atoms with E-state index in [9.17, 15) is 13.2 Å². The number of carbonyl (C=O) groups excluding carboxylic acids is 1. The zero-order chi connectivity index (χ0) is 21.3. The molecule has 0 unspecified atom stereocenters. The van der Waals surface area contributed by atoms with Crippen LogP contribution in [0.5, 0.6) is 5.75 Å². The van der Waals surface area contributed by atoms with Crippen LogP contribution >= 0.6 is 0 Å². The number of sulfonamides is 1. The Kier molecular flexibility index (Phi) is 5.79. The lowest BCUT2D eigenvalue weighted by Gasteiger charge is -2.31. The minimum atomic E-state index is -3.78. The van der Waals surface area contributed by atoms with E-state index in [0.717, 1.165) is 5.56 Å². The van der Waals surface area contributed by atoms with Gasteiger partial charge in [0.1, 0.15) is 16.7 Å². The smallest absolute Gasteiger partial charge is 0.247 e. The van der Waals surface area contributed by atoms with Gasteiger partial charge < -0.3 is 9.64 Å². The van der Waals surface area contributed by atoms with E-state index in [1.807, 2.05) is 24.8 Å². The molecule has 160 valence electrons. The molecule has 8 heteroatoms. The van der Waals surface area contributed by atoms with Crippen LogP contribution in [0.25, 0.3) is 0 Å². The molecule has 0 bridgehead atoms. The highest BCUT2D eigenvalue weighted by Crippen LogP contribution is 2.37. The first kappa shape index (κ1) is 20.8. The van der Waals surface area contributed by atoms with Crippen molar-refractivity contribution in [2.75, 3.05) is 13.1 Å². The van der Waals surface area contributed by atoms with Crippen molar-refractivity contribution in [2.45, 2.75) is 50.3 Å². The SMILES string of the molecule is CC(C)C(=O)N1CC[C@@H]2[C@@H](CC1)Oc1ccccc1S(=O)(=O)N2Cc1cccnc1. The van der Waals surface area contributed by atoms with Gasteiger partial charge in [0.05, 0.1) is 6.04 Å². The van der Waals surface area contributed by atoms with Gasteiger partial charge in [-0.15, -0.1) is 0 Å². The molecule has 4 rings (SSSR count). The second-order valence-corrected chi connectivity index (χ2v) is 10.00. The van der Waals surface area contributed by atoms with Gasteiger partial charge in [0, 0.05) is 44.4 Å². The molecular formula is C22H27N3O4S. The number of hydrogen-bond donors (Lipinski definition) is 0. The Bertz CT molecular complexity index is 1010. The van der Waals surface area contributed by atoms with Crippen LogP contribution in [0.1, 0.15) is 32.3 Å². The van der Waals surface area contributed by atoms with Gasteiger partial charge in [-0.1, -0.05) is 32.0 Å². The summed E-state index contributed by atoms with van der Waals surface area (Å²) in [6, 6.07) is 10.1. The van der Waals surface area contributed by atoms with Gasteiger partial charge >= 0.3 is 0 Å². The van der Waals surface area contributed by atoms with Gasteiger partial charge in [-0.05, 0) is 30.2 Å². The molecule has 0 aliphatic carbocycles. The Labute approximate surface area is 177 Å². The fraction of sp³-hybridized carbons (Fsp3) is 0.455. The van der Waals surface area contributed by atoms with Crippen molar-refractivity contribution in [3.8, 4) is 5.75 Å². The number of hydrogen-bond acceptors (Lipinski definition) is 5. The molecule has 7 nitrogen and oxygen atoms in total. The number of benzene rings is 1. The highest BCUT2D eigenvalue weighted by atomic mass is 32.2. The number of fused-ring (bicyclic) bond motifs is 2. The molecule has 0 saturated carbocycles. The van der Waals surface area contributed by atoms with Crippen LogP contribution in [-0.2, 0) is 21.4 Å². The minimum absolute atomic E-state index is 0.0912. The highest BCUT2D eigenvalue weighted by Gasteiger charge is 2.43. The van der Waals surface area contributed by atoms with Crippen LogP contribution in [0.2, 0.25) is 0 Å². The average Bonchev–Trinajstić information content (AvgIpc) is 2.98. The largest absolute Gasteiger partial charge is 0.487 e. The molecule has 1 amide bonds. The molecule has 0 N–H and O–H groups in total. The number of rotatable bonds is 3. The Morgan fingerprint density at radius 2 is 1.93 bits per heavy atom. The lowest BCUT2D eigenvalue weighted by atomic mass is 10.1. The van der Waals surface area contributed by atoms with E-state index in [-0.39, 0.29) is 35.4 Å². The van der Waals surface area contributed by atoms with Crippen LogP contribution < -0.4 is 4.74 Å². The number of amides is 1. The Morgan fingerprint density at radius 1 is 1.17 bits per heavy atom. The quantitative estimate of drug-likeness (QED) is 0.750. The Hall–Kier alpha value is -2.45. The van der Waals surface area contributed by atoms with Crippen molar-refractivity contribution in [3.05, 3.63) is 54.4 Å².